The summed E-state index contributed by atoms with van der Waals surface area (Å²) in [6.07, 6.45) is 1.43. The molecular weight excluding hydrogens is 214 g/mol. The highest BCUT2D eigenvalue weighted by Crippen LogP contribution is 2.25. The summed E-state index contributed by atoms with van der Waals surface area (Å²) in [7, 11) is 0. The van der Waals surface area contributed by atoms with Gasteiger partial charge in [-0.15, -0.1) is 0 Å². The highest BCUT2D eigenvalue weighted by Gasteiger charge is 2.05. The Morgan fingerprint density at radius 2 is 2.13 bits per heavy atom. The Bertz CT molecular complexity index is 550. The third-order valence-corrected chi connectivity index (χ3v) is 2.18. The maximum atomic E-state index is 11.1. The molecule has 5 heteroatoms. The van der Waals surface area contributed by atoms with Gasteiger partial charge in [0.2, 0.25) is 0 Å². The van der Waals surface area contributed by atoms with Crippen molar-refractivity contribution in [3.63, 3.8) is 0 Å². The molecule has 0 aliphatic heterocycles. The molecule has 0 radical (unpaired) electrons. The molecule has 1 heterocycles. The lowest BCUT2D eigenvalue weighted by Crippen LogP contribution is -2.06. The summed E-state index contributed by atoms with van der Waals surface area (Å²) in [5.74, 6) is 0.419. The Morgan fingerprint density at radius 3 is 2.87 bits per heavy atom. The van der Waals surface area contributed by atoms with Gasteiger partial charge in [0.1, 0.15) is 5.82 Å². The van der Waals surface area contributed by atoms with Crippen molar-refractivity contribution < 1.29 is 0 Å². The fourth-order valence-corrected chi connectivity index (χ4v) is 1.41. The summed E-state index contributed by atoms with van der Waals surface area (Å²) in [5.41, 5.74) is 6.68. The summed E-state index contributed by atoms with van der Waals surface area (Å²) in [6.45, 7) is 0. The predicted molar refractivity (Wildman–Crippen MR) is 59.7 cm³/mol. The van der Waals surface area contributed by atoms with E-state index in [4.69, 9.17) is 17.3 Å². The third-order valence-electron chi connectivity index (χ3n) is 1.94. The van der Waals surface area contributed by atoms with E-state index in [-0.39, 0.29) is 5.56 Å². The minimum absolute atomic E-state index is 0.223. The van der Waals surface area contributed by atoms with Gasteiger partial charge in [0, 0.05) is 28.5 Å². The number of H-pyrrole nitrogens is 1. The smallest absolute Gasteiger partial charge is 0.251 e. The molecule has 15 heavy (non-hydrogen) atoms. The van der Waals surface area contributed by atoms with E-state index in [1.165, 1.54) is 12.3 Å². The summed E-state index contributed by atoms with van der Waals surface area (Å²) < 4.78 is 0. The van der Waals surface area contributed by atoms with Crippen LogP contribution in [0.5, 0.6) is 0 Å². The first-order valence-electron chi connectivity index (χ1n) is 4.27. The molecule has 0 saturated heterocycles. The van der Waals surface area contributed by atoms with Gasteiger partial charge in [0.15, 0.2) is 0 Å². The molecule has 1 aromatic heterocycles. The van der Waals surface area contributed by atoms with Crippen LogP contribution in [0.2, 0.25) is 5.02 Å². The van der Waals surface area contributed by atoms with Gasteiger partial charge in [-0.05, 0) is 18.2 Å². The van der Waals surface area contributed by atoms with Crippen molar-refractivity contribution in [2.75, 3.05) is 5.73 Å². The number of halogens is 1. The van der Waals surface area contributed by atoms with E-state index in [2.05, 4.69) is 9.97 Å². The lowest BCUT2D eigenvalue weighted by Gasteiger charge is -2.04. The molecule has 0 spiro atoms. The number of hydrogen-bond acceptors (Lipinski definition) is 3. The first-order valence-corrected chi connectivity index (χ1v) is 4.65. The molecule has 76 valence electrons. The summed E-state index contributed by atoms with van der Waals surface area (Å²) in [6, 6.07) is 6.35. The number of nitrogens with one attached hydrogen (secondary N) is 1. The monoisotopic (exact) mass is 221 g/mol. The van der Waals surface area contributed by atoms with Crippen molar-refractivity contribution in [2.24, 2.45) is 0 Å². The molecule has 0 bridgehead atoms. The van der Waals surface area contributed by atoms with Crippen molar-refractivity contribution in [1.29, 1.82) is 0 Å². The molecule has 0 fully saturated rings. The minimum atomic E-state index is -0.223. The summed E-state index contributed by atoms with van der Waals surface area (Å²) >= 11 is 5.83. The van der Waals surface area contributed by atoms with Gasteiger partial charge >= 0.3 is 0 Å². The first-order chi connectivity index (χ1) is 7.16. The van der Waals surface area contributed by atoms with E-state index in [0.717, 1.165) is 0 Å². The van der Waals surface area contributed by atoms with Crippen LogP contribution in [0.1, 0.15) is 0 Å². The lowest BCUT2D eigenvalue weighted by molar-refractivity contribution is 1.13. The zero-order valence-electron chi connectivity index (χ0n) is 7.70. The molecule has 3 N–H and O–H groups in total. The van der Waals surface area contributed by atoms with E-state index in [1.54, 1.807) is 18.2 Å². The van der Waals surface area contributed by atoms with E-state index in [0.29, 0.717) is 22.1 Å². The topological polar surface area (TPSA) is 71.8 Å². The number of hydrogen-bond donors (Lipinski definition) is 2. The summed E-state index contributed by atoms with van der Waals surface area (Å²) in [4.78, 5) is 17.7. The quantitative estimate of drug-likeness (QED) is 0.720. The third kappa shape index (κ3) is 1.99. The van der Waals surface area contributed by atoms with Crippen molar-refractivity contribution >= 4 is 17.3 Å². The van der Waals surface area contributed by atoms with Crippen LogP contribution >= 0.6 is 11.6 Å². The SMILES string of the molecule is Nc1ccc(Cl)cc1-c1nccc(=O)[nH]1. The second-order valence-corrected chi connectivity index (χ2v) is 3.45. The average Bonchev–Trinajstić information content (AvgIpc) is 2.22. The van der Waals surface area contributed by atoms with Gasteiger partial charge in [-0.1, -0.05) is 11.6 Å². The van der Waals surface area contributed by atoms with Crippen molar-refractivity contribution in [3.8, 4) is 11.4 Å². The number of benzene rings is 1. The molecule has 2 rings (SSSR count). The molecule has 2 aromatic rings. The number of nitrogens with two attached hydrogens (primary N) is 1. The Balaban J connectivity index is 2.63. The zero-order chi connectivity index (χ0) is 10.8. The lowest BCUT2D eigenvalue weighted by atomic mass is 10.1. The van der Waals surface area contributed by atoms with E-state index in [9.17, 15) is 4.79 Å². The highest BCUT2D eigenvalue weighted by molar-refractivity contribution is 6.31. The normalized spacial score (nSPS) is 10.2. The number of nitrogen functional groups attached to an aromatic ring is 1. The molecule has 0 amide bonds. The zero-order valence-corrected chi connectivity index (χ0v) is 8.45. The highest BCUT2D eigenvalue weighted by atomic mass is 35.5. The van der Waals surface area contributed by atoms with Crippen LogP contribution in [0.15, 0.2) is 35.3 Å². The number of aromatic nitrogens is 2. The molecule has 4 nitrogen and oxygen atoms in total. The fourth-order valence-electron chi connectivity index (χ4n) is 1.24. The van der Waals surface area contributed by atoms with Crippen LogP contribution in [0.25, 0.3) is 11.4 Å². The molecule has 0 aliphatic carbocycles. The largest absolute Gasteiger partial charge is 0.398 e. The van der Waals surface area contributed by atoms with Crippen LogP contribution < -0.4 is 11.3 Å². The minimum Gasteiger partial charge on any atom is -0.398 e. The maximum Gasteiger partial charge on any atom is 0.251 e. The molecule has 0 unspecified atom stereocenters. The number of aromatic amines is 1. The standard InChI is InChI=1S/C10H8ClN3O/c11-6-1-2-8(12)7(5-6)10-13-4-3-9(15)14-10/h1-5H,12H2,(H,13,14,15). The van der Waals surface area contributed by atoms with E-state index < -0.39 is 0 Å². The van der Waals surface area contributed by atoms with Gasteiger partial charge in [0.25, 0.3) is 5.56 Å². The second-order valence-electron chi connectivity index (χ2n) is 3.01. The molecule has 1 aromatic carbocycles. The van der Waals surface area contributed by atoms with Crippen LogP contribution in [-0.2, 0) is 0 Å². The van der Waals surface area contributed by atoms with Crippen LogP contribution in [0.3, 0.4) is 0 Å². The number of nitrogens with zero attached hydrogens (tertiary/aromatic N) is 1. The molecular formula is C10H8ClN3O. The van der Waals surface area contributed by atoms with Crippen LogP contribution in [-0.4, -0.2) is 9.97 Å². The second kappa shape index (κ2) is 3.74. The Morgan fingerprint density at radius 1 is 1.33 bits per heavy atom. The molecule has 0 atom stereocenters. The predicted octanol–water partition coefficient (Wildman–Crippen LogP) is 1.67. The van der Waals surface area contributed by atoms with Crippen LogP contribution in [0.4, 0.5) is 5.69 Å². The Hall–Kier alpha value is -1.81. The fraction of sp³-hybridized carbons (Fsp3) is 0. The van der Waals surface area contributed by atoms with Gasteiger partial charge in [-0.25, -0.2) is 4.98 Å². The van der Waals surface area contributed by atoms with Gasteiger partial charge < -0.3 is 10.7 Å². The Labute approximate surface area is 90.7 Å². The Kier molecular flexibility index (Phi) is 2.43. The van der Waals surface area contributed by atoms with E-state index >= 15 is 0 Å². The molecule has 0 aliphatic rings. The van der Waals surface area contributed by atoms with Crippen LogP contribution in [0, 0.1) is 0 Å². The van der Waals surface area contributed by atoms with Gasteiger partial charge in [0.05, 0.1) is 0 Å². The maximum absolute atomic E-state index is 11.1. The molecule has 0 saturated carbocycles. The first kappa shape index (κ1) is 9.73. The number of anilines is 1. The van der Waals surface area contributed by atoms with Crippen molar-refractivity contribution in [2.45, 2.75) is 0 Å². The average molecular weight is 222 g/mol. The number of rotatable bonds is 1. The van der Waals surface area contributed by atoms with E-state index in [1.807, 2.05) is 0 Å². The van der Waals surface area contributed by atoms with Crippen molar-refractivity contribution in [3.05, 3.63) is 45.8 Å². The van der Waals surface area contributed by atoms with Gasteiger partial charge in [-0.2, -0.15) is 0 Å². The van der Waals surface area contributed by atoms with Gasteiger partial charge in [-0.3, -0.25) is 4.79 Å². The summed E-state index contributed by atoms with van der Waals surface area (Å²) in [5, 5.41) is 0.547. The van der Waals surface area contributed by atoms with Crippen molar-refractivity contribution in [1.82, 2.24) is 9.97 Å².